The first-order chi connectivity index (χ1) is 17.5. The molecule has 0 atom stereocenters. The number of ketones is 1. The molecular formula is C28H26ClN3O4. The van der Waals surface area contributed by atoms with E-state index in [1.165, 1.54) is 0 Å². The van der Waals surface area contributed by atoms with E-state index in [9.17, 15) is 9.59 Å². The van der Waals surface area contributed by atoms with Crippen molar-refractivity contribution in [1.82, 2.24) is 9.30 Å². The van der Waals surface area contributed by atoms with E-state index in [-0.39, 0.29) is 0 Å². The predicted octanol–water partition coefficient (Wildman–Crippen LogP) is 4.81. The number of hydrogen-bond acceptors (Lipinski definition) is 5. The summed E-state index contributed by atoms with van der Waals surface area (Å²) in [5.41, 5.74) is 3.51. The van der Waals surface area contributed by atoms with Gasteiger partial charge in [-0.25, -0.2) is 0 Å². The maximum atomic E-state index is 13.7. The highest BCUT2D eigenvalue weighted by atomic mass is 35.5. The van der Waals surface area contributed by atoms with Gasteiger partial charge >= 0.3 is 0 Å². The Morgan fingerprint density at radius 1 is 0.833 bits per heavy atom. The van der Waals surface area contributed by atoms with Crippen LogP contribution >= 0.6 is 11.6 Å². The van der Waals surface area contributed by atoms with E-state index in [1.54, 1.807) is 41.8 Å². The van der Waals surface area contributed by atoms with Crippen LogP contribution in [0.4, 0.5) is 5.69 Å². The lowest BCUT2D eigenvalue weighted by Gasteiger charge is -2.36. The third-order valence-corrected chi connectivity index (χ3v) is 6.84. The number of carbonyl (C=O) groups excluding carboxylic acids is 2. The van der Waals surface area contributed by atoms with E-state index in [4.69, 9.17) is 21.1 Å². The van der Waals surface area contributed by atoms with Crippen LogP contribution in [0, 0.1) is 0 Å². The zero-order valence-corrected chi connectivity index (χ0v) is 20.9. The predicted molar refractivity (Wildman–Crippen MR) is 141 cm³/mol. The summed E-state index contributed by atoms with van der Waals surface area (Å²) in [7, 11) is 3.20. The number of rotatable bonds is 6. The Labute approximate surface area is 214 Å². The molecule has 0 aliphatic carbocycles. The number of piperazine rings is 1. The molecule has 36 heavy (non-hydrogen) atoms. The van der Waals surface area contributed by atoms with Crippen LogP contribution in [0.25, 0.3) is 16.6 Å². The van der Waals surface area contributed by atoms with Crippen molar-refractivity contribution in [2.75, 3.05) is 45.3 Å². The van der Waals surface area contributed by atoms with Gasteiger partial charge in [0.2, 0.25) is 0 Å². The molecule has 1 saturated heterocycles. The molecule has 0 bridgehead atoms. The fourth-order valence-electron chi connectivity index (χ4n) is 4.70. The lowest BCUT2D eigenvalue weighted by molar-refractivity contribution is -0.126. The van der Waals surface area contributed by atoms with E-state index in [1.807, 2.05) is 54.6 Å². The van der Waals surface area contributed by atoms with Crippen molar-refractivity contribution in [2.45, 2.75) is 0 Å². The number of halogens is 1. The van der Waals surface area contributed by atoms with Crippen LogP contribution < -0.4 is 14.4 Å². The van der Waals surface area contributed by atoms with E-state index in [2.05, 4.69) is 4.90 Å². The monoisotopic (exact) mass is 503 g/mol. The van der Waals surface area contributed by atoms with Gasteiger partial charge in [-0.2, -0.15) is 0 Å². The number of para-hydroxylation sites is 2. The van der Waals surface area contributed by atoms with Gasteiger partial charge in [-0.15, -0.1) is 0 Å². The number of methoxy groups -OCH3 is 2. The fourth-order valence-corrected chi connectivity index (χ4v) is 4.95. The topological polar surface area (TPSA) is 63.5 Å². The molecule has 2 aromatic carbocycles. The van der Waals surface area contributed by atoms with Crippen LogP contribution in [0.3, 0.4) is 0 Å². The van der Waals surface area contributed by atoms with Crippen LogP contribution in [0.5, 0.6) is 11.5 Å². The van der Waals surface area contributed by atoms with Gasteiger partial charge in [0.05, 0.1) is 24.9 Å². The summed E-state index contributed by atoms with van der Waals surface area (Å²) in [5, 5.41) is 0.433. The number of Topliss-reactive ketones (excluding diaryl/α,β-unsaturated/α-hetero) is 1. The summed E-state index contributed by atoms with van der Waals surface area (Å²) in [6.45, 7) is 2.09. The van der Waals surface area contributed by atoms with Gasteiger partial charge in [0, 0.05) is 43.5 Å². The fraction of sp³-hybridized carbons (Fsp3) is 0.214. The van der Waals surface area contributed by atoms with Crippen LogP contribution in [0.1, 0.15) is 10.5 Å². The van der Waals surface area contributed by atoms with Gasteiger partial charge < -0.3 is 23.7 Å². The number of ether oxygens (including phenoxy) is 2. The number of hydrogen-bond donors (Lipinski definition) is 0. The molecule has 1 fully saturated rings. The van der Waals surface area contributed by atoms with Crippen molar-refractivity contribution in [3.8, 4) is 22.6 Å². The standard InChI is InChI=1S/C28H26ClN3O4/c1-35-24-11-10-19(17-22(24)29)21-18-20-7-5-6-12-32(20)26(21)27(33)28(34)31-15-13-30(14-16-31)23-8-3-4-9-25(23)36-2/h3-12,17-18H,13-16H2,1-2H3. The number of amides is 1. The lowest BCUT2D eigenvalue weighted by atomic mass is 10.0. The normalized spacial score (nSPS) is 13.6. The minimum Gasteiger partial charge on any atom is -0.495 e. The molecule has 184 valence electrons. The van der Waals surface area contributed by atoms with Crippen molar-refractivity contribution < 1.29 is 19.1 Å². The van der Waals surface area contributed by atoms with Crippen LogP contribution in [0.2, 0.25) is 5.02 Å². The highest BCUT2D eigenvalue weighted by molar-refractivity contribution is 6.43. The molecule has 0 unspecified atom stereocenters. The van der Waals surface area contributed by atoms with Gasteiger partial charge in [-0.05, 0) is 48.0 Å². The summed E-state index contributed by atoms with van der Waals surface area (Å²) in [6.07, 6.45) is 1.80. The Balaban J connectivity index is 1.43. The van der Waals surface area contributed by atoms with Crippen LogP contribution in [-0.2, 0) is 4.79 Å². The number of pyridine rings is 1. The molecule has 7 nitrogen and oxygen atoms in total. The third-order valence-electron chi connectivity index (χ3n) is 6.54. The van der Waals surface area contributed by atoms with E-state index >= 15 is 0 Å². The molecule has 8 heteroatoms. The summed E-state index contributed by atoms with van der Waals surface area (Å²) in [6, 6.07) is 20.7. The van der Waals surface area contributed by atoms with Crippen LogP contribution in [-0.4, -0.2) is 61.4 Å². The number of nitrogens with zero attached hydrogens (tertiary/aromatic N) is 3. The Morgan fingerprint density at radius 3 is 2.28 bits per heavy atom. The third kappa shape index (κ3) is 4.27. The van der Waals surface area contributed by atoms with Gasteiger partial charge in [-0.3, -0.25) is 9.59 Å². The minimum atomic E-state index is -0.547. The summed E-state index contributed by atoms with van der Waals surface area (Å²) >= 11 is 6.37. The average molecular weight is 504 g/mol. The van der Waals surface area contributed by atoms with Crippen molar-refractivity contribution in [3.63, 3.8) is 0 Å². The van der Waals surface area contributed by atoms with Crippen molar-refractivity contribution in [2.24, 2.45) is 0 Å². The molecule has 1 aliphatic rings. The maximum absolute atomic E-state index is 13.7. The average Bonchev–Trinajstić information content (AvgIpc) is 3.32. The Morgan fingerprint density at radius 2 is 1.56 bits per heavy atom. The summed E-state index contributed by atoms with van der Waals surface area (Å²) < 4.78 is 12.5. The maximum Gasteiger partial charge on any atom is 0.296 e. The second kappa shape index (κ2) is 9.95. The molecular weight excluding hydrogens is 478 g/mol. The van der Waals surface area contributed by atoms with E-state index in [0.717, 1.165) is 22.5 Å². The number of anilines is 1. The number of aromatic nitrogens is 1. The van der Waals surface area contributed by atoms with Crippen molar-refractivity contribution in [3.05, 3.63) is 83.6 Å². The molecule has 0 spiro atoms. The number of benzene rings is 2. The summed E-state index contributed by atoms with van der Waals surface area (Å²) in [5.74, 6) is 0.269. The smallest absolute Gasteiger partial charge is 0.296 e. The Bertz CT molecular complexity index is 1440. The quantitative estimate of drug-likeness (QED) is 0.279. The molecule has 4 aromatic rings. The van der Waals surface area contributed by atoms with Crippen LogP contribution in [0.15, 0.2) is 72.9 Å². The first-order valence-electron chi connectivity index (χ1n) is 11.7. The van der Waals surface area contributed by atoms with Gasteiger partial charge in [-0.1, -0.05) is 35.9 Å². The van der Waals surface area contributed by atoms with Crippen molar-refractivity contribution >= 4 is 34.5 Å². The zero-order chi connectivity index (χ0) is 25.2. The van der Waals surface area contributed by atoms with Gasteiger partial charge in [0.15, 0.2) is 0 Å². The first kappa shape index (κ1) is 23.8. The summed E-state index contributed by atoms with van der Waals surface area (Å²) in [4.78, 5) is 30.9. The Hall–Kier alpha value is -3.97. The van der Waals surface area contributed by atoms with E-state index < -0.39 is 11.7 Å². The largest absolute Gasteiger partial charge is 0.495 e. The molecule has 1 aliphatic heterocycles. The van der Waals surface area contributed by atoms with Crippen molar-refractivity contribution in [1.29, 1.82) is 0 Å². The molecule has 2 aromatic heterocycles. The first-order valence-corrected chi connectivity index (χ1v) is 12.0. The highest BCUT2D eigenvalue weighted by Crippen LogP contribution is 2.34. The molecule has 3 heterocycles. The molecule has 5 rings (SSSR count). The SMILES string of the molecule is COc1ccc(-c2cc3ccccn3c2C(=O)C(=O)N2CCN(c3ccccc3OC)CC2)cc1Cl. The van der Waals surface area contributed by atoms with Gasteiger partial charge in [0.25, 0.3) is 11.7 Å². The lowest BCUT2D eigenvalue weighted by Crippen LogP contribution is -2.50. The van der Waals surface area contributed by atoms with E-state index in [0.29, 0.717) is 48.2 Å². The second-order valence-electron chi connectivity index (χ2n) is 8.53. The number of carbonyl (C=O) groups is 2. The second-order valence-corrected chi connectivity index (χ2v) is 8.94. The zero-order valence-electron chi connectivity index (χ0n) is 20.1. The minimum absolute atomic E-state index is 0.323. The number of fused-ring (bicyclic) bond motifs is 1. The molecule has 0 saturated carbocycles. The highest BCUT2D eigenvalue weighted by Gasteiger charge is 2.31. The Kier molecular flexibility index (Phi) is 6.57. The molecule has 0 radical (unpaired) electrons. The van der Waals surface area contributed by atoms with Gasteiger partial charge in [0.1, 0.15) is 17.2 Å². The molecule has 0 N–H and O–H groups in total. The molecule has 1 amide bonds.